The van der Waals surface area contributed by atoms with Crippen molar-refractivity contribution in [3.8, 4) is 5.75 Å². The number of nitrogen functional groups attached to an aromatic ring is 1. The smallest absolute Gasteiger partial charge is 0.459 e. The number of carbonyl (C=O) groups excluding carboxylic acids is 1. The summed E-state index contributed by atoms with van der Waals surface area (Å²) in [6.45, 7) is 11.7. The molecule has 2 aromatic heterocycles. The van der Waals surface area contributed by atoms with E-state index in [0.717, 1.165) is 27.2 Å². The van der Waals surface area contributed by atoms with Gasteiger partial charge in [-0.15, -0.1) is 0 Å². The second-order valence-electron chi connectivity index (χ2n) is 11.8. The highest BCUT2D eigenvalue weighted by Crippen LogP contribution is 2.48. The number of nitrogens with one attached hydrogen (secondary N) is 1. The first-order valence-corrected chi connectivity index (χ1v) is 17.1. The zero-order valence-corrected chi connectivity index (χ0v) is 28.0. The van der Waals surface area contributed by atoms with Crippen molar-refractivity contribution in [2.24, 2.45) is 5.92 Å². The lowest BCUT2D eigenvalue weighted by Gasteiger charge is -2.29. The Hall–Kier alpha value is -4.02. The Morgan fingerprint density at radius 2 is 1.65 bits per heavy atom. The van der Waals surface area contributed by atoms with Gasteiger partial charge in [0.2, 0.25) is 0 Å². The third-order valence-corrected chi connectivity index (χ3v) is 9.23. The van der Waals surface area contributed by atoms with Gasteiger partial charge in [0, 0.05) is 17.4 Å². The Balaban J connectivity index is 1.57. The quantitative estimate of drug-likeness (QED) is 0.0940. The van der Waals surface area contributed by atoms with Gasteiger partial charge >= 0.3 is 13.7 Å². The van der Waals surface area contributed by atoms with Gasteiger partial charge in [-0.05, 0) is 51.1 Å². The molecule has 3 aromatic carbocycles. The first-order valence-electron chi connectivity index (χ1n) is 15.5. The van der Waals surface area contributed by atoms with Crippen molar-refractivity contribution in [2.45, 2.75) is 66.3 Å². The van der Waals surface area contributed by atoms with Gasteiger partial charge in [-0.2, -0.15) is 5.09 Å². The lowest BCUT2D eigenvalue weighted by Crippen LogP contribution is -2.36. The van der Waals surface area contributed by atoms with Crippen LogP contribution in [0.2, 0.25) is 0 Å². The number of para-hydroxylation sites is 1. The fraction of sp³-hybridized carbons (Fsp3) is 0.382. The molecule has 0 aliphatic carbocycles. The fourth-order valence-electron chi connectivity index (χ4n) is 5.38. The highest BCUT2D eigenvalue weighted by Gasteiger charge is 2.35. The van der Waals surface area contributed by atoms with E-state index in [9.17, 15) is 9.36 Å². The number of hydrogen-bond acceptors (Lipinski definition) is 9. The molecule has 5 rings (SSSR count). The van der Waals surface area contributed by atoms with Gasteiger partial charge in [-0.1, -0.05) is 68.4 Å². The normalized spacial score (nSPS) is 14.6. The Morgan fingerprint density at radius 1 is 0.957 bits per heavy atom. The zero-order chi connectivity index (χ0) is 33.0. The van der Waals surface area contributed by atoms with Crippen LogP contribution >= 0.6 is 7.75 Å². The van der Waals surface area contributed by atoms with Crippen molar-refractivity contribution >= 4 is 52.2 Å². The number of hydrogen-bond donors (Lipinski definition) is 2. The first-order chi connectivity index (χ1) is 22.0. The third-order valence-electron chi connectivity index (χ3n) is 7.60. The van der Waals surface area contributed by atoms with Crippen molar-refractivity contribution in [3.05, 3.63) is 72.6 Å². The molecular weight excluding hydrogens is 605 g/mol. The van der Waals surface area contributed by atoms with Crippen molar-refractivity contribution in [1.82, 2.24) is 19.6 Å². The molecule has 0 saturated carbocycles. The molecule has 2 heterocycles. The molecule has 0 aliphatic rings. The third kappa shape index (κ3) is 7.18. The Morgan fingerprint density at radius 3 is 2.37 bits per heavy atom. The van der Waals surface area contributed by atoms with Crippen LogP contribution in [0.5, 0.6) is 5.75 Å². The number of nitrogens with zero attached hydrogens (tertiary/aromatic N) is 3. The Bertz CT molecular complexity index is 1890. The monoisotopic (exact) mass is 647 g/mol. The second kappa shape index (κ2) is 14.2. The maximum Gasteiger partial charge on any atom is 0.459 e. The molecule has 12 heteroatoms. The van der Waals surface area contributed by atoms with Gasteiger partial charge < -0.3 is 24.3 Å². The van der Waals surface area contributed by atoms with Gasteiger partial charge in [0.05, 0.1) is 29.8 Å². The summed E-state index contributed by atoms with van der Waals surface area (Å²) < 4.78 is 40.4. The van der Waals surface area contributed by atoms with Gasteiger partial charge in [-0.3, -0.25) is 9.32 Å². The van der Waals surface area contributed by atoms with E-state index in [0.29, 0.717) is 29.5 Å². The highest BCUT2D eigenvalue weighted by atomic mass is 31.2. The molecule has 3 atom stereocenters. The van der Waals surface area contributed by atoms with Crippen LogP contribution in [0.25, 0.3) is 32.7 Å². The Kier molecular flexibility index (Phi) is 10.3. The summed E-state index contributed by atoms with van der Waals surface area (Å²) >= 11 is 0. The van der Waals surface area contributed by atoms with Crippen LogP contribution in [0.3, 0.4) is 0 Å². The summed E-state index contributed by atoms with van der Waals surface area (Å²) in [5.74, 6) is 0.692. The molecule has 0 saturated heterocycles. The maximum atomic E-state index is 14.7. The molecule has 0 spiro atoms. The summed E-state index contributed by atoms with van der Waals surface area (Å²) in [6, 6.07) is 19.4. The molecule has 0 radical (unpaired) electrons. The van der Waals surface area contributed by atoms with Crippen molar-refractivity contribution in [1.29, 1.82) is 0 Å². The van der Waals surface area contributed by atoms with E-state index in [2.05, 4.69) is 14.6 Å². The molecule has 0 unspecified atom stereocenters. The number of pyridine rings is 1. The molecule has 0 amide bonds. The molecule has 46 heavy (non-hydrogen) atoms. The van der Waals surface area contributed by atoms with Crippen molar-refractivity contribution < 1.29 is 27.9 Å². The number of benzene rings is 3. The van der Waals surface area contributed by atoms with E-state index < -0.39 is 25.8 Å². The second-order valence-corrected chi connectivity index (χ2v) is 13.5. The lowest BCUT2D eigenvalue weighted by molar-refractivity contribution is -0.149. The van der Waals surface area contributed by atoms with E-state index in [1.54, 1.807) is 26.8 Å². The molecule has 0 bridgehead atoms. The number of carbonyl (C=O) groups is 1. The summed E-state index contributed by atoms with van der Waals surface area (Å²) in [4.78, 5) is 22.3. The lowest BCUT2D eigenvalue weighted by atomic mass is 10.0. The van der Waals surface area contributed by atoms with E-state index >= 15 is 0 Å². The molecule has 5 aromatic rings. The van der Waals surface area contributed by atoms with Gasteiger partial charge in [0.15, 0.2) is 5.82 Å². The van der Waals surface area contributed by atoms with Crippen molar-refractivity contribution in [3.63, 3.8) is 0 Å². The maximum absolute atomic E-state index is 14.7. The first kappa shape index (κ1) is 33.3. The number of aromatic nitrogens is 3. The predicted octanol–water partition coefficient (Wildman–Crippen LogP) is 7.19. The van der Waals surface area contributed by atoms with E-state index in [1.807, 2.05) is 81.4 Å². The van der Waals surface area contributed by atoms with E-state index in [1.165, 1.54) is 0 Å². The largest absolute Gasteiger partial charge is 0.462 e. The number of anilines is 1. The number of rotatable bonds is 14. The summed E-state index contributed by atoms with van der Waals surface area (Å²) in [6.07, 6.45) is -0.351. The number of nitrogens with two attached hydrogens (primary N) is 1. The van der Waals surface area contributed by atoms with Gasteiger partial charge in [-0.25, -0.2) is 14.5 Å². The minimum Gasteiger partial charge on any atom is -0.462 e. The summed E-state index contributed by atoms with van der Waals surface area (Å²) in [7, 11) is -4.20. The molecule has 0 aliphatic heterocycles. The number of fused-ring (bicyclic) bond motifs is 4. The molecule has 3 N–H and O–H groups in total. The van der Waals surface area contributed by atoms with Crippen molar-refractivity contribution in [2.75, 3.05) is 18.9 Å². The molecule has 11 nitrogen and oxygen atoms in total. The van der Waals surface area contributed by atoms with Crippen LogP contribution in [-0.2, 0) is 30.0 Å². The standard InChI is InChI=1S/C34H42N5O6P/c1-7-42-20-30-37-31-32(26-16-10-11-17-27(26)36-33(31)35)39(30)28(21(2)3)19-43-46(41,38-23(6)34(40)44-22(4)5)45-29-18-12-14-24-13-8-9-15-25(24)29/h8-18,21-23,28H,7,19-20H2,1-6H3,(H2,35,36)(H,38,41)/t23-,28+,46-/m0/s1. The SMILES string of the molecule is CCOCc1nc2c(N)nc3ccccc3c2n1[C@H](CO[P@@](=O)(N[C@@H](C)C(=O)OC(C)C)Oc1cccc2ccccc12)C(C)C. The van der Waals surface area contributed by atoms with Gasteiger partial charge in [0.25, 0.3) is 0 Å². The Labute approximate surface area is 269 Å². The number of ether oxygens (including phenoxy) is 2. The zero-order valence-electron chi connectivity index (χ0n) is 27.1. The molecular formula is C34H42N5O6P. The summed E-state index contributed by atoms with van der Waals surface area (Å²) in [5.41, 5.74) is 8.49. The number of imidazole rings is 1. The minimum absolute atomic E-state index is 0.0275. The minimum atomic E-state index is -4.20. The van der Waals surface area contributed by atoms with Crippen LogP contribution in [0.4, 0.5) is 5.82 Å². The average Bonchev–Trinajstić information content (AvgIpc) is 3.39. The van der Waals surface area contributed by atoms with Gasteiger partial charge in [0.1, 0.15) is 29.7 Å². The van der Waals surface area contributed by atoms with Crippen LogP contribution in [0.15, 0.2) is 66.7 Å². The highest BCUT2D eigenvalue weighted by molar-refractivity contribution is 7.52. The fourth-order valence-corrected chi connectivity index (χ4v) is 6.91. The summed E-state index contributed by atoms with van der Waals surface area (Å²) in [5, 5.41) is 5.36. The average molecular weight is 648 g/mol. The van der Waals surface area contributed by atoms with E-state index in [-0.39, 0.29) is 25.2 Å². The molecule has 0 fully saturated rings. The number of esters is 1. The van der Waals surface area contributed by atoms with Crippen LogP contribution in [0.1, 0.15) is 53.4 Å². The van der Waals surface area contributed by atoms with Crippen LogP contribution < -0.4 is 15.3 Å². The van der Waals surface area contributed by atoms with Crippen LogP contribution in [0, 0.1) is 5.92 Å². The predicted molar refractivity (Wildman–Crippen MR) is 181 cm³/mol. The van der Waals surface area contributed by atoms with Crippen LogP contribution in [-0.4, -0.2) is 45.9 Å². The van der Waals surface area contributed by atoms with E-state index in [4.69, 9.17) is 29.2 Å². The molecule has 244 valence electrons. The topological polar surface area (TPSA) is 140 Å².